The highest BCUT2D eigenvalue weighted by Gasteiger charge is 2.07. The molecule has 0 spiro atoms. The van der Waals surface area contributed by atoms with Gasteiger partial charge in [-0.1, -0.05) is 6.07 Å². The van der Waals surface area contributed by atoms with E-state index in [2.05, 4.69) is 0 Å². The number of nitrogens with zero attached hydrogens (tertiary/aromatic N) is 2. The lowest BCUT2D eigenvalue weighted by atomic mass is 10.2. The summed E-state index contributed by atoms with van der Waals surface area (Å²) in [6.45, 7) is 5.22. The van der Waals surface area contributed by atoms with E-state index in [1.165, 1.54) is 13.2 Å². The predicted molar refractivity (Wildman–Crippen MR) is 81.1 cm³/mol. The summed E-state index contributed by atoms with van der Waals surface area (Å²) < 4.78 is 10.5. The number of rotatable bonds is 7. The van der Waals surface area contributed by atoms with E-state index in [9.17, 15) is 4.79 Å². The van der Waals surface area contributed by atoms with Gasteiger partial charge in [0.2, 0.25) is 5.91 Å². The summed E-state index contributed by atoms with van der Waals surface area (Å²) in [6, 6.07) is 7.19. The van der Waals surface area contributed by atoms with Crippen LogP contribution in [0.25, 0.3) is 6.08 Å². The van der Waals surface area contributed by atoms with Gasteiger partial charge in [0, 0.05) is 19.2 Å². The number of carbonyl (C=O) groups is 1. The van der Waals surface area contributed by atoms with Crippen LogP contribution in [0.4, 0.5) is 0 Å². The van der Waals surface area contributed by atoms with E-state index in [0.717, 1.165) is 5.56 Å². The minimum atomic E-state index is -0.0357. The van der Waals surface area contributed by atoms with Crippen molar-refractivity contribution >= 4 is 12.0 Å². The quantitative estimate of drug-likeness (QED) is 0.723. The first kappa shape index (κ1) is 16.6. The van der Waals surface area contributed by atoms with Gasteiger partial charge in [-0.25, -0.2) is 0 Å². The maximum absolute atomic E-state index is 11.9. The van der Waals surface area contributed by atoms with Gasteiger partial charge in [-0.3, -0.25) is 4.79 Å². The van der Waals surface area contributed by atoms with Crippen LogP contribution in [0, 0.1) is 11.3 Å². The average Bonchev–Trinajstić information content (AvgIpc) is 2.52. The number of amides is 1. The van der Waals surface area contributed by atoms with Gasteiger partial charge in [-0.15, -0.1) is 0 Å². The SMILES string of the molecule is CCN(CC)C(=O)/C=C/c1ccc(OCC#N)c(OC)c1. The Morgan fingerprint density at radius 2 is 2.05 bits per heavy atom. The Morgan fingerprint density at radius 3 is 2.62 bits per heavy atom. The average molecular weight is 288 g/mol. The molecule has 1 amide bonds. The van der Waals surface area contributed by atoms with Crippen molar-refractivity contribution < 1.29 is 14.3 Å². The van der Waals surface area contributed by atoms with E-state index in [1.807, 2.05) is 19.9 Å². The number of carbonyl (C=O) groups excluding carboxylic acids is 1. The van der Waals surface area contributed by atoms with Crippen LogP contribution in [0.15, 0.2) is 24.3 Å². The topological polar surface area (TPSA) is 62.6 Å². The Hall–Kier alpha value is -2.48. The molecule has 21 heavy (non-hydrogen) atoms. The predicted octanol–water partition coefficient (Wildman–Crippen LogP) is 2.48. The highest BCUT2D eigenvalue weighted by molar-refractivity contribution is 5.91. The molecule has 0 aliphatic rings. The Balaban J connectivity index is 2.85. The zero-order valence-electron chi connectivity index (χ0n) is 12.6. The van der Waals surface area contributed by atoms with Crippen molar-refractivity contribution in [2.45, 2.75) is 13.8 Å². The van der Waals surface area contributed by atoms with E-state index in [-0.39, 0.29) is 12.5 Å². The second-order valence-corrected chi connectivity index (χ2v) is 4.20. The first-order valence-electron chi connectivity index (χ1n) is 6.81. The van der Waals surface area contributed by atoms with Crippen molar-refractivity contribution in [3.05, 3.63) is 29.8 Å². The molecule has 0 aromatic heterocycles. The first-order valence-corrected chi connectivity index (χ1v) is 6.81. The van der Waals surface area contributed by atoms with Crippen molar-refractivity contribution in [3.63, 3.8) is 0 Å². The third kappa shape index (κ3) is 4.84. The van der Waals surface area contributed by atoms with Crippen LogP contribution in [0.1, 0.15) is 19.4 Å². The van der Waals surface area contributed by atoms with Crippen LogP contribution >= 0.6 is 0 Å². The Labute approximate surface area is 125 Å². The number of benzene rings is 1. The minimum absolute atomic E-state index is 0.0243. The number of likely N-dealkylation sites (N-methyl/N-ethyl adjacent to an activating group) is 1. The Kier molecular flexibility index (Phi) is 6.82. The fraction of sp³-hybridized carbons (Fsp3) is 0.375. The van der Waals surface area contributed by atoms with Crippen LogP contribution in [0.5, 0.6) is 11.5 Å². The fourth-order valence-corrected chi connectivity index (χ4v) is 1.83. The maximum atomic E-state index is 11.9. The number of methoxy groups -OCH3 is 1. The molecule has 0 heterocycles. The van der Waals surface area contributed by atoms with Crippen LogP contribution in [-0.4, -0.2) is 37.6 Å². The summed E-state index contributed by atoms with van der Waals surface area (Å²) >= 11 is 0. The van der Waals surface area contributed by atoms with Gasteiger partial charge in [0.1, 0.15) is 6.07 Å². The molecule has 0 bridgehead atoms. The second-order valence-electron chi connectivity index (χ2n) is 4.20. The number of hydrogen-bond acceptors (Lipinski definition) is 4. The van der Waals surface area contributed by atoms with E-state index in [4.69, 9.17) is 14.7 Å². The monoisotopic (exact) mass is 288 g/mol. The Bertz CT molecular complexity index is 543. The highest BCUT2D eigenvalue weighted by atomic mass is 16.5. The molecule has 0 radical (unpaired) electrons. The molecule has 1 rings (SSSR count). The molecule has 5 nitrogen and oxygen atoms in total. The molecule has 0 saturated carbocycles. The molecule has 0 aliphatic heterocycles. The molecular formula is C16H20N2O3. The third-order valence-corrected chi connectivity index (χ3v) is 2.97. The van der Waals surface area contributed by atoms with Crippen molar-refractivity contribution in [2.75, 3.05) is 26.8 Å². The number of nitriles is 1. The zero-order valence-corrected chi connectivity index (χ0v) is 12.6. The lowest BCUT2D eigenvalue weighted by molar-refractivity contribution is -0.125. The molecule has 0 unspecified atom stereocenters. The summed E-state index contributed by atoms with van der Waals surface area (Å²) in [7, 11) is 1.53. The normalized spacial score (nSPS) is 10.2. The summed E-state index contributed by atoms with van der Waals surface area (Å²) in [6.07, 6.45) is 3.27. The summed E-state index contributed by atoms with van der Waals surface area (Å²) in [5.74, 6) is 1.01. The third-order valence-electron chi connectivity index (χ3n) is 2.97. The Morgan fingerprint density at radius 1 is 1.33 bits per heavy atom. The molecule has 0 aliphatic carbocycles. The van der Waals surface area contributed by atoms with Crippen molar-refractivity contribution in [1.29, 1.82) is 5.26 Å². The van der Waals surface area contributed by atoms with Crippen LogP contribution in [-0.2, 0) is 4.79 Å². The van der Waals surface area contributed by atoms with E-state index in [0.29, 0.717) is 24.6 Å². The van der Waals surface area contributed by atoms with Crippen molar-refractivity contribution in [2.24, 2.45) is 0 Å². The zero-order chi connectivity index (χ0) is 15.7. The lowest BCUT2D eigenvalue weighted by Crippen LogP contribution is -2.28. The van der Waals surface area contributed by atoms with Crippen molar-refractivity contribution in [1.82, 2.24) is 4.90 Å². The lowest BCUT2D eigenvalue weighted by Gasteiger charge is -2.15. The molecule has 0 N–H and O–H groups in total. The summed E-state index contributed by atoms with van der Waals surface area (Å²) in [5.41, 5.74) is 0.830. The smallest absolute Gasteiger partial charge is 0.246 e. The molecule has 5 heteroatoms. The van der Waals surface area contributed by atoms with Crippen molar-refractivity contribution in [3.8, 4) is 17.6 Å². The maximum Gasteiger partial charge on any atom is 0.246 e. The summed E-state index contributed by atoms with van der Waals surface area (Å²) in [5, 5.41) is 8.52. The van der Waals surface area contributed by atoms with Crippen LogP contribution in [0.2, 0.25) is 0 Å². The first-order chi connectivity index (χ1) is 10.2. The van der Waals surface area contributed by atoms with E-state index < -0.39 is 0 Å². The number of hydrogen-bond donors (Lipinski definition) is 0. The van der Waals surface area contributed by atoms with Gasteiger partial charge in [-0.2, -0.15) is 5.26 Å². The standard InChI is InChI=1S/C16H20N2O3/c1-4-18(5-2)16(19)9-7-13-6-8-14(21-11-10-17)15(12-13)20-3/h6-9,12H,4-5,11H2,1-3H3/b9-7+. The fourth-order valence-electron chi connectivity index (χ4n) is 1.83. The number of ether oxygens (including phenoxy) is 2. The van der Waals surface area contributed by atoms with E-state index in [1.54, 1.807) is 29.2 Å². The second kappa shape index (κ2) is 8.64. The molecular weight excluding hydrogens is 268 g/mol. The molecule has 0 atom stereocenters. The van der Waals surface area contributed by atoms with E-state index >= 15 is 0 Å². The van der Waals surface area contributed by atoms with Gasteiger partial charge in [-0.05, 0) is 37.6 Å². The van der Waals surface area contributed by atoms with Gasteiger partial charge < -0.3 is 14.4 Å². The molecule has 1 aromatic carbocycles. The summed E-state index contributed by atoms with van der Waals surface area (Å²) in [4.78, 5) is 13.6. The van der Waals surface area contributed by atoms with Crippen LogP contribution < -0.4 is 9.47 Å². The van der Waals surface area contributed by atoms with Gasteiger partial charge >= 0.3 is 0 Å². The molecule has 0 saturated heterocycles. The molecule has 1 aromatic rings. The molecule has 0 fully saturated rings. The highest BCUT2D eigenvalue weighted by Crippen LogP contribution is 2.28. The van der Waals surface area contributed by atoms with Gasteiger partial charge in [0.25, 0.3) is 0 Å². The van der Waals surface area contributed by atoms with Gasteiger partial charge in [0.15, 0.2) is 18.1 Å². The van der Waals surface area contributed by atoms with Crippen LogP contribution in [0.3, 0.4) is 0 Å². The molecule has 112 valence electrons. The largest absolute Gasteiger partial charge is 0.493 e. The van der Waals surface area contributed by atoms with Gasteiger partial charge in [0.05, 0.1) is 7.11 Å². The minimum Gasteiger partial charge on any atom is -0.493 e.